The average Bonchev–Trinajstić information content (AvgIpc) is 3.91. The van der Waals surface area contributed by atoms with Crippen LogP contribution in [0.15, 0.2) is 79.0 Å². The van der Waals surface area contributed by atoms with Crippen molar-refractivity contribution in [3.8, 4) is 23.0 Å². The zero-order chi connectivity index (χ0) is 34.4. The van der Waals surface area contributed by atoms with Crippen LogP contribution in [0.5, 0.6) is 23.0 Å². The first-order chi connectivity index (χ1) is 23.6. The normalized spacial score (nSPS) is 16.1. The molecule has 1 aliphatic carbocycles. The molecule has 49 heavy (non-hydrogen) atoms. The molecule has 2 amide bonds. The van der Waals surface area contributed by atoms with Gasteiger partial charge in [0.05, 0.1) is 25.5 Å². The molecule has 0 radical (unpaired) electrons. The molecule has 0 atom stereocenters. The van der Waals surface area contributed by atoms with Gasteiger partial charge in [0.1, 0.15) is 16.9 Å². The lowest BCUT2D eigenvalue weighted by Gasteiger charge is -2.31. The Balaban J connectivity index is 1.04. The van der Waals surface area contributed by atoms with E-state index in [-0.39, 0.29) is 11.8 Å². The van der Waals surface area contributed by atoms with Crippen LogP contribution in [0.25, 0.3) is 10.9 Å². The number of carbonyl (C=O) groups excluding carboxylic acids is 2. The van der Waals surface area contributed by atoms with E-state index in [2.05, 4.69) is 25.2 Å². The van der Waals surface area contributed by atoms with Crippen molar-refractivity contribution >= 4 is 44.1 Å². The van der Waals surface area contributed by atoms with Crippen LogP contribution in [-0.4, -0.2) is 76.3 Å². The Kier molecular flexibility index (Phi) is 10.3. The lowest BCUT2D eigenvalue weighted by Crippen LogP contribution is -2.40. The smallest absolute Gasteiger partial charge is 0.240 e. The summed E-state index contributed by atoms with van der Waals surface area (Å²) in [6.45, 7) is 3.41. The minimum atomic E-state index is -3.18. The fraction of sp³-hybridized carbons (Fsp3) is 0.361. The van der Waals surface area contributed by atoms with Gasteiger partial charge in [0.15, 0.2) is 11.5 Å². The number of piperidine rings is 1. The highest BCUT2D eigenvalue weighted by molar-refractivity contribution is 7.88. The van der Waals surface area contributed by atoms with E-state index < -0.39 is 15.4 Å². The van der Waals surface area contributed by atoms with E-state index in [1.54, 1.807) is 55.8 Å². The van der Waals surface area contributed by atoms with Crippen molar-refractivity contribution in [3.63, 3.8) is 0 Å². The first-order valence-electron chi connectivity index (χ1n) is 16.3. The summed E-state index contributed by atoms with van der Waals surface area (Å²) in [5.41, 5.74) is 0.842. The Bertz CT molecular complexity index is 1890. The van der Waals surface area contributed by atoms with Crippen molar-refractivity contribution in [1.82, 2.24) is 14.6 Å². The highest BCUT2D eigenvalue weighted by atomic mass is 32.2. The van der Waals surface area contributed by atoms with Crippen molar-refractivity contribution in [3.05, 3.63) is 79.0 Å². The maximum atomic E-state index is 13.1. The van der Waals surface area contributed by atoms with Gasteiger partial charge in [-0.3, -0.25) is 14.6 Å². The molecule has 2 aliphatic rings. The fourth-order valence-electron chi connectivity index (χ4n) is 5.90. The van der Waals surface area contributed by atoms with Crippen LogP contribution in [0.3, 0.4) is 0 Å². The number of nitrogens with one attached hydrogen (secondary N) is 3. The minimum Gasteiger partial charge on any atom is -0.493 e. The summed E-state index contributed by atoms with van der Waals surface area (Å²) in [5, 5.41) is 6.48. The molecule has 1 aliphatic heterocycles. The van der Waals surface area contributed by atoms with E-state index in [1.165, 1.54) is 6.26 Å². The number of carbonyl (C=O) groups is 2. The van der Waals surface area contributed by atoms with Gasteiger partial charge in [-0.05, 0) is 93.2 Å². The number of amides is 2. The van der Waals surface area contributed by atoms with Crippen LogP contribution in [0, 0.1) is 11.3 Å². The molecular weight excluding hydrogens is 646 g/mol. The van der Waals surface area contributed by atoms with E-state index in [0.29, 0.717) is 78.3 Å². The molecule has 1 aromatic heterocycles. The Labute approximate surface area is 286 Å². The van der Waals surface area contributed by atoms with Crippen molar-refractivity contribution < 1.29 is 32.2 Å². The lowest BCUT2D eigenvalue weighted by atomic mass is 9.98. The van der Waals surface area contributed by atoms with E-state index in [1.807, 2.05) is 30.3 Å². The van der Waals surface area contributed by atoms with Gasteiger partial charge in [-0.2, -0.15) is 0 Å². The molecule has 1 saturated carbocycles. The monoisotopic (exact) mass is 687 g/mol. The second kappa shape index (κ2) is 14.8. The van der Waals surface area contributed by atoms with Gasteiger partial charge in [0, 0.05) is 42.1 Å². The summed E-state index contributed by atoms with van der Waals surface area (Å²) in [5.74, 6) is 2.05. The van der Waals surface area contributed by atoms with Crippen molar-refractivity contribution in [1.29, 1.82) is 0 Å². The highest BCUT2D eigenvalue weighted by Gasteiger charge is 2.56. The van der Waals surface area contributed by atoms with Gasteiger partial charge >= 0.3 is 0 Å². The van der Waals surface area contributed by atoms with Crippen LogP contribution in [-0.2, 0) is 19.6 Å². The quantitative estimate of drug-likeness (QED) is 0.155. The topological polar surface area (TPSA) is 148 Å². The van der Waals surface area contributed by atoms with Crippen LogP contribution in [0.1, 0.15) is 25.7 Å². The third kappa shape index (κ3) is 8.66. The van der Waals surface area contributed by atoms with Crippen LogP contribution < -0.4 is 29.6 Å². The predicted molar refractivity (Wildman–Crippen MR) is 188 cm³/mol. The molecule has 0 spiro atoms. The van der Waals surface area contributed by atoms with Crippen molar-refractivity contribution in [2.45, 2.75) is 25.7 Å². The highest BCUT2D eigenvalue weighted by Crippen LogP contribution is 2.47. The average molecular weight is 688 g/mol. The molecule has 3 N–H and O–H groups in total. The molecule has 12 nitrogen and oxygen atoms in total. The Morgan fingerprint density at radius 1 is 0.898 bits per heavy atom. The Morgan fingerprint density at radius 2 is 1.57 bits per heavy atom. The molecule has 2 heterocycles. The third-order valence-corrected chi connectivity index (χ3v) is 9.68. The number of fused-ring (bicyclic) bond motifs is 1. The summed E-state index contributed by atoms with van der Waals surface area (Å²) in [7, 11) is -1.58. The zero-order valence-electron chi connectivity index (χ0n) is 27.6. The number of para-hydroxylation sites is 1. The van der Waals surface area contributed by atoms with Gasteiger partial charge < -0.3 is 29.7 Å². The van der Waals surface area contributed by atoms with Crippen LogP contribution in [0.4, 0.5) is 11.4 Å². The van der Waals surface area contributed by atoms with E-state index >= 15 is 0 Å². The first kappa shape index (κ1) is 34.2. The number of sulfonamides is 1. The van der Waals surface area contributed by atoms with E-state index in [4.69, 9.17) is 14.2 Å². The zero-order valence-corrected chi connectivity index (χ0v) is 28.4. The number of likely N-dealkylation sites (tertiary alicyclic amines) is 1. The van der Waals surface area contributed by atoms with Gasteiger partial charge in [0.25, 0.3) is 0 Å². The molecule has 6 rings (SSSR count). The van der Waals surface area contributed by atoms with Gasteiger partial charge in [-0.25, -0.2) is 13.1 Å². The third-order valence-electron chi connectivity index (χ3n) is 8.95. The van der Waals surface area contributed by atoms with Gasteiger partial charge in [-0.1, -0.05) is 18.2 Å². The fourth-order valence-corrected chi connectivity index (χ4v) is 6.36. The molecule has 1 saturated heterocycles. The number of rotatable bonds is 14. The number of methoxy groups -OCH3 is 1. The van der Waals surface area contributed by atoms with Crippen LogP contribution >= 0.6 is 0 Å². The molecule has 0 bridgehead atoms. The second-order valence-corrected chi connectivity index (χ2v) is 14.4. The number of hydrogen-bond donors (Lipinski definition) is 3. The molecule has 4 aromatic rings. The predicted octanol–water partition coefficient (Wildman–Crippen LogP) is 5.03. The number of aromatic nitrogens is 1. The number of nitrogens with zero attached hydrogens (tertiary/aromatic N) is 2. The maximum Gasteiger partial charge on any atom is 0.240 e. The Morgan fingerprint density at radius 3 is 2.20 bits per heavy atom. The first-order valence-corrected chi connectivity index (χ1v) is 18.2. The summed E-state index contributed by atoms with van der Waals surface area (Å²) < 4.78 is 43.3. The SMILES string of the molecule is COc1cc2c(Oc3ccc(NC(=O)C4(C(=O)Nc5ccccc5)CC4)cc3)ccnc2cc1OCC1CCN(CCNS(C)(=O)=O)CC1. The summed E-state index contributed by atoms with van der Waals surface area (Å²) in [4.78, 5) is 32.8. The summed E-state index contributed by atoms with van der Waals surface area (Å²) in [6, 6.07) is 21.6. The number of hydrogen-bond acceptors (Lipinski definition) is 9. The summed E-state index contributed by atoms with van der Waals surface area (Å²) >= 11 is 0. The molecule has 3 aromatic carbocycles. The number of benzene rings is 3. The lowest BCUT2D eigenvalue weighted by molar-refractivity contribution is -0.131. The molecule has 0 unspecified atom stereocenters. The standard InChI is InChI=1S/C36H41N5O7S/c1-46-32-22-29-30(23-33(32)47-24-25-13-19-41(20-14-25)21-18-38-49(2,44)45)37-17-12-31(29)48-28-10-8-27(9-11-28)40-35(43)36(15-16-36)34(42)39-26-6-4-3-5-7-26/h3-12,17,22-23,25,38H,13-16,18-21,24H2,1-2H3,(H,39,42)(H,40,43). The second-order valence-electron chi connectivity index (χ2n) is 12.6. The van der Waals surface area contributed by atoms with E-state index in [9.17, 15) is 18.0 Å². The number of ether oxygens (including phenoxy) is 3. The van der Waals surface area contributed by atoms with Gasteiger partial charge in [-0.15, -0.1) is 0 Å². The molecule has 258 valence electrons. The number of pyridine rings is 1. The largest absolute Gasteiger partial charge is 0.493 e. The maximum absolute atomic E-state index is 13.1. The molecule has 13 heteroatoms. The van der Waals surface area contributed by atoms with Gasteiger partial charge in [0.2, 0.25) is 21.8 Å². The Hall–Kier alpha value is -4.72. The number of anilines is 2. The van der Waals surface area contributed by atoms with Crippen molar-refractivity contribution in [2.75, 3.05) is 56.8 Å². The van der Waals surface area contributed by atoms with Crippen molar-refractivity contribution in [2.24, 2.45) is 11.3 Å². The van der Waals surface area contributed by atoms with E-state index in [0.717, 1.165) is 31.3 Å². The van der Waals surface area contributed by atoms with Crippen LogP contribution in [0.2, 0.25) is 0 Å². The summed E-state index contributed by atoms with van der Waals surface area (Å²) in [6.07, 6.45) is 5.75. The minimum absolute atomic E-state index is 0.302. The molecule has 2 fully saturated rings. The molecular formula is C36H41N5O7S.